The molecule has 0 atom stereocenters. The molecule has 0 radical (unpaired) electrons. The van der Waals surface area contributed by atoms with Crippen LogP contribution in [0.3, 0.4) is 0 Å². The topological polar surface area (TPSA) is 70.3 Å². The van der Waals surface area contributed by atoms with E-state index in [0.29, 0.717) is 28.4 Å². The third-order valence-corrected chi connectivity index (χ3v) is 5.18. The highest BCUT2D eigenvalue weighted by molar-refractivity contribution is 6.31. The van der Waals surface area contributed by atoms with Crippen LogP contribution in [-0.4, -0.2) is 21.7 Å². The Bertz CT molecular complexity index is 926. The molecule has 1 aliphatic carbocycles. The van der Waals surface area contributed by atoms with E-state index in [9.17, 15) is 14.4 Å². The summed E-state index contributed by atoms with van der Waals surface area (Å²) in [6, 6.07) is 4.76. The van der Waals surface area contributed by atoms with Crippen molar-refractivity contribution in [3.63, 3.8) is 0 Å². The zero-order valence-electron chi connectivity index (χ0n) is 14.9. The fourth-order valence-corrected chi connectivity index (χ4v) is 3.85. The lowest BCUT2D eigenvalue weighted by atomic mass is 9.89. The van der Waals surface area contributed by atoms with Crippen LogP contribution in [0.1, 0.15) is 39.0 Å². The maximum atomic E-state index is 13.0. The lowest BCUT2D eigenvalue weighted by Crippen LogP contribution is -2.42. The van der Waals surface area contributed by atoms with E-state index in [0.717, 1.165) is 25.7 Å². The number of rotatable bonds is 5. The van der Waals surface area contributed by atoms with Crippen molar-refractivity contribution in [2.24, 2.45) is 5.92 Å². The molecular weight excluding hydrogens is 356 g/mol. The van der Waals surface area contributed by atoms with Gasteiger partial charge in [-0.25, -0.2) is 4.79 Å². The van der Waals surface area contributed by atoms with Crippen LogP contribution < -0.4 is 11.2 Å². The summed E-state index contributed by atoms with van der Waals surface area (Å²) in [5.41, 5.74) is -0.418. The Balaban J connectivity index is 2.12. The van der Waals surface area contributed by atoms with Crippen LogP contribution in [0.5, 0.6) is 0 Å². The highest BCUT2D eigenvalue weighted by Crippen LogP contribution is 2.24. The van der Waals surface area contributed by atoms with Crippen molar-refractivity contribution in [2.45, 2.75) is 52.1 Å². The molecule has 1 aromatic heterocycles. The number of nitrogens with zero attached hydrogens (tertiary/aromatic N) is 2. The van der Waals surface area contributed by atoms with Gasteiger partial charge in [0.1, 0.15) is 6.54 Å². The average Bonchev–Trinajstić information content (AvgIpc) is 2.63. The Labute approximate surface area is 156 Å². The molecule has 1 saturated carbocycles. The molecule has 7 heteroatoms. The van der Waals surface area contributed by atoms with E-state index in [2.05, 4.69) is 0 Å². The van der Waals surface area contributed by atoms with E-state index in [1.165, 1.54) is 15.6 Å². The molecule has 0 spiro atoms. The highest BCUT2D eigenvalue weighted by Gasteiger charge is 2.20. The van der Waals surface area contributed by atoms with E-state index < -0.39 is 11.7 Å². The molecule has 140 valence electrons. The number of ether oxygens (including phenoxy) is 1. The van der Waals surface area contributed by atoms with Gasteiger partial charge in [-0.05, 0) is 43.9 Å². The van der Waals surface area contributed by atoms with E-state index in [1.807, 2.05) is 0 Å². The Morgan fingerprint density at radius 3 is 2.62 bits per heavy atom. The third kappa shape index (κ3) is 3.85. The van der Waals surface area contributed by atoms with Gasteiger partial charge in [0.05, 0.1) is 17.5 Å². The predicted molar refractivity (Wildman–Crippen MR) is 101 cm³/mol. The van der Waals surface area contributed by atoms with E-state index in [1.54, 1.807) is 25.1 Å². The minimum atomic E-state index is -0.506. The van der Waals surface area contributed by atoms with Crippen LogP contribution in [-0.2, 0) is 22.6 Å². The molecule has 26 heavy (non-hydrogen) atoms. The number of hydrogen-bond acceptors (Lipinski definition) is 4. The first-order valence-electron chi connectivity index (χ1n) is 9.09. The van der Waals surface area contributed by atoms with Gasteiger partial charge in [0.25, 0.3) is 5.56 Å². The predicted octanol–water partition coefficient (Wildman–Crippen LogP) is 2.96. The van der Waals surface area contributed by atoms with Crippen molar-refractivity contribution in [3.8, 4) is 0 Å². The second kappa shape index (κ2) is 8.08. The third-order valence-electron chi connectivity index (χ3n) is 4.94. The number of esters is 1. The zero-order chi connectivity index (χ0) is 18.7. The van der Waals surface area contributed by atoms with Crippen LogP contribution >= 0.6 is 11.6 Å². The minimum absolute atomic E-state index is 0.226. The summed E-state index contributed by atoms with van der Waals surface area (Å²) in [6.45, 7) is 2.10. The van der Waals surface area contributed by atoms with E-state index in [-0.39, 0.29) is 18.7 Å². The van der Waals surface area contributed by atoms with Crippen molar-refractivity contribution in [1.82, 2.24) is 9.13 Å². The largest absolute Gasteiger partial charge is 0.465 e. The molecule has 0 saturated heterocycles. The minimum Gasteiger partial charge on any atom is -0.465 e. The van der Waals surface area contributed by atoms with Crippen LogP contribution in [0.4, 0.5) is 0 Å². The maximum absolute atomic E-state index is 13.0. The molecule has 2 aromatic rings. The average molecular weight is 379 g/mol. The van der Waals surface area contributed by atoms with Gasteiger partial charge in [-0.15, -0.1) is 0 Å². The summed E-state index contributed by atoms with van der Waals surface area (Å²) in [4.78, 5) is 37.9. The number of carbonyl (C=O) groups is 1. The number of halogens is 1. The normalized spacial score (nSPS) is 15.3. The molecule has 3 rings (SSSR count). The number of benzene rings is 1. The fourth-order valence-electron chi connectivity index (χ4n) is 3.67. The summed E-state index contributed by atoms with van der Waals surface area (Å²) in [7, 11) is 0. The van der Waals surface area contributed by atoms with Gasteiger partial charge in [0.2, 0.25) is 0 Å². The zero-order valence-corrected chi connectivity index (χ0v) is 15.6. The van der Waals surface area contributed by atoms with Crippen molar-refractivity contribution in [2.75, 3.05) is 6.61 Å². The molecule has 0 N–H and O–H groups in total. The van der Waals surface area contributed by atoms with E-state index >= 15 is 0 Å². The fraction of sp³-hybridized carbons (Fsp3) is 0.526. The molecule has 1 heterocycles. The summed E-state index contributed by atoms with van der Waals surface area (Å²) in [5.74, 6) is -0.199. The molecule has 0 bridgehead atoms. The Kier molecular flexibility index (Phi) is 5.81. The lowest BCUT2D eigenvalue weighted by Gasteiger charge is -2.23. The first kappa shape index (κ1) is 18.7. The molecule has 1 aliphatic rings. The van der Waals surface area contributed by atoms with Gasteiger partial charge in [-0.2, -0.15) is 0 Å². The number of carbonyl (C=O) groups excluding carboxylic acids is 1. The standard InChI is InChI=1S/C19H23ClN2O4/c1-2-26-17(23)12-21-16-9-8-14(20)10-15(16)18(24)22(19(21)25)11-13-6-4-3-5-7-13/h8-10,13H,2-7,11-12H2,1H3. The SMILES string of the molecule is CCOC(=O)Cn1c(=O)n(CC2CCCCC2)c(=O)c2cc(Cl)ccc21. The van der Waals surface area contributed by atoms with Crippen molar-refractivity contribution >= 4 is 28.5 Å². The maximum Gasteiger partial charge on any atom is 0.332 e. The lowest BCUT2D eigenvalue weighted by molar-refractivity contribution is -0.143. The number of hydrogen-bond donors (Lipinski definition) is 0. The quantitative estimate of drug-likeness (QED) is 0.750. The summed E-state index contributed by atoms with van der Waals surface area (Å²) >= 11 is 6.06. The second-order valence-corrected chi connectivity index (χ2v) is 7.19. The number of aromatic nitrogens is 2. The van der Waals surface area contributed by atoms with E-state index in [4.69, 9.17) is 16.3 Å². The van der Waals surface area contributed by atoms with Gasteiger partial charge in [0, 0.05) is 11.6 Å². The van der Waals surface area contributed by atoms with Gasteiger partial charge in [-0.1, -0.05) is 30.9 Å². The van der Waals surface area contributed by atoms with Gasteiger partial charge >= 0.3 is 11.7 Å². The van der Waals surface area contributed by atoms with Crippen molar-refractivity contribution in [3.05, 3.63) is 44.1 Å². The molecule has 6 nitrogen and oxygen atoms in total. The van der Waals surface area contributed by atoms with Crippen LogP contribution in [0.15, 0.2) is 27.8 Å². The van der Waals surface area contributed by atoms with Crippen LogP contribution in [0.25, 0.3) is 10.9 Å². The first-order chi connectivity index (χ1) is 12.5. The molecular formula is C19H23ClN2O4. The second-order valence-electron chi connectivity index (χ2n) is 6.76. The first-order valence-corrected chi connectivity index (χ1v) is 9.47. The monoisotopic (exact) mass is 378 g/mol. The summed E-state index contributed by atoms with van der Waals surface area (Å²) < 4.78 is 7.55. The summed E-state index contributed by atoms with van der Waals surface area (Å²) in [5, 5.41) is 0.761. The Morgan fingerprint density at radius 2 is 1.92 bits per heavy atom. The molecule has 0 amide bonds. The molecule has 0 unspecified atom stereocenters. The van der Waals surface area contributed by atoms with Crippen molar-refractivity contribution < 1.29 is 9.53 Å². The summed E-state index contributed by atoms with van der Waals surface area (Å²) in [6.07, 6.45) is 5.46. The van der Waals surface area contributed by atoms with Crippen LogP contribution in [0, 0.1) is 5.92 Å². The van der Waals surface area contributed by atoms with Gasteiger partial charge in [-0.3, -0.25) is 18.7 Å². The highest BCUT2D eigenvalue weighted by atomic mass is 35.5. The van der Waals surface area contributed by atoms with Gasteiger partial charge < -0.3 is 4.74 Å². The molecule has 0 aliphatic heterocycles. The van der Waals surface area contributed by atoms with Crippen molar-refractivity contribution in [1.29, 1.82) is 0 Å². The smallest absolute Gasteiger partial charge is 0.332 e. The molecule has 1 fully saturated rings. The van der Waals surface area contributed by atoms with Gasteiger partial charge in [0.15, 0.2) is 0 Å². The molecule has 1 aromatic carbocycles. The Hall–Kier alpha value is -2.08. The van der Waals surface area contributed by atoms with Crippen LogP contribution in [0.2, 0.25) is 5.02 Å². The Morgan fingerprint density at radius 1 is 1.19 bits per heavy atom. The number of fused-ring (bicyclic) bond motifs is 1.